The van der Waals surface area contributed by atoms with Crippen LogP contribution in [0.3, 0.4) is 0 Å². The zero-order valence-electron chi connectivity index (χ0n) is 12.0. The van der Waals surface area contributed by atoms with Gasteiger partial charge in [0.25, 0.3) is 0 Å². The highest BCUT2D eigenvalue weighted by Crippen LogP contribution is 2.25. The number of rotatable bonds is 4. The average molecular weight is 298 g/mol. The van der Waals surface area contributed by atoms with Crippen LogP contribution in [0.4, 0.5) is 9.93 Å². The molecule has 0 saturated heterocycles. The Labute approximate surface area is 123 Å². The summed E-state index contributed by atoms with van der Waals surface area (Å²) in [5.74, 6) is 0.181. The Morgan fingerprint density at radius 1 is 1.45 bits per heavy atom. The Morgan fingerprint density at radius 2 is 2.20 bits per heavy atom. The fourth-order valence-electron chi connectivity index (χ4n) is 2.47. The van der Waals surface area contributed by atoms with Crippen molar-refractivity contribution in [2.45, 2.75) is 45.1 Å². The molecular weight excluding hydrogens is 276 g/mol. The van der Waals surface area contributed by atoms with Crippen LogP contribution < -0.4 is 5.32 Å². The maximum atomic E-state index is 12.1. The van der Waals surface area contributed by atoms with E-state index in [9.17, 15) is 9.90 Å². The highest BCUT2D eigenvalue weighted by molar-refractivity contribution is 7.15. The van der Waals surface area contributed by atoms with Gasteiger partial charge in [-0.3, -0.25) is 5.32 Å². The summed E-state index contributed by atoms with van der Waals surface area (Å²) in [7, 11) is 1.75. The second-order valence-corrected chi connectivity index (χ2v) is 6.34. The van der Waals surface area contributed by atoms with E-state index in [1.165, 1.54) is 11.3 Å². The van der Waals surface area contributed by atoms with Crippen LogP contribution in [0, 0.1) is 5.92 Å². The largest absolute Gasteiger partial charge is 0.393 e. The van der Waals surface area contributed by atoms with E-state index in [4.69, 9.17) is 0 Å². The van der Waals surface area contributed by atoms with Crippen LogP contribution in [0.15, 0.2) is 0 Å². The SMILES string of the molecule is CCc1nnc(NC(=O)N(C)C[C@H]2CCCC[C@H]2O)s1. The molecule has 0 aromatic carbocycles. The molecule has 112 valence electrons. The number of nitrogens with zero attached hydrogens (tertiary/aromatic N) is 3. The smallest absolute Gasteiger partial charge is 0.323 e. The minimum atomic E-state index is -0.285. The quantitative estimate of drug-likeness (QED) is 0.892. The van der Waals surface area contributed by atoms with Gasteiger partial charge in [-0.15, -0.1) is 10.2 Å². The van der Waals surface area contributed by atoms with Crippen LogP contribution in [-0.4, -0.2) is 45.9 Å². The van der Waals surface area contributed by atoms with Crippen molar-refractivity contribution in [2.75, 3.05) is 18.9 Å². The molecule has 0 unspecified atom stereocenters. The van der Waals surface area contributed by atoms with Gasteiger partial charge in [-0.05, 0) is 19.3 Å². The highest BCUT2D eigenvalue weighted by Gasteiger charge is 2.25. The van der Waals surface area contributed by atoms with Crippen molar-refractivity contribution in [3.8, 4) is 0 Å². The summed E-state index contributed by atoms with van der Waals surface area (Å²) < 4.78 is 0. The zero-order valence-corrected chi connectivity index (χ0v) is 12.8. The summed E-state index contributed by atoms with van der Waals surface area (Å²) in [4.78, 5) is 13.7. The molecule has 0 spiro atoms. The van der Waals surface area contributed by atoms with Gasteiger partial charge in [0.15, 0.2) is 0 Å². The second-order valence-electron chi connectivity index (χ2n) is 5.28. The molecule has 0 radical (unpaired) electrons. The van der Waals surface area contributed by atoms with Gasteiger partial charge in [0, 0.05) is 19.5 Å². The van der Waals surface area contributed by atoms with Gasteiger partial charge < -0.3 is 10.0 Å². The lowest BCUT2D eigenvalue weighted by molar-refractivity contribution is 0.0575. The molecule has 1 aromatic heterocycles. The maximum Gasteiger partial charge on any atom is 0.323 e. The van der Waals surface area contributed by atoms with E-state index in [1.807, 2.05) is 6.92 Å². The van der Waals surface area contributed by atoms with Crippen molar-refractivity contribution < 1.29 is 9.90 Å². The van der Waals surface area contributed by atoms with Gasteiger partial charge in [-0.1, -0.05) is 31.1 Å². The van der Waals surface area contributed by atoms with E-state index in [0.717, 1.165) is 37.1 Å². The van der Waals surface area contributed by atoms with Crippen LogP contribution in [0.25, 0.3) is 0 Å². The van der Waals surface area contributed by atoms with Crippen molar-refractivity contribution >= 4 is 22.5 Å². The molecular formula is C13H22N4O2S. The van der Waals surface area contributed by atoms with Crippen molar-refractivity contribution in [3.05, 3.63) is 5.01 Å². The van der Waals surface area contributed by atoms with E-state index in [2.05, 4.69) is 15.5 Å². The van der Waals surface area contributed by atoms with Crippen molar-refractivity contribution in [3.63, 3.8) is 0 Å². The number of aliphatic hydroxyl groups is 1. The van der Waals surface area contributed by atoms with Gasteiger partial charge in [-0.25, -0.2) is 4.79 Å². The summed E-state index contributed by atoms with van der Waals surface area (Å²) in [6, 6.07) is -0.193. The predicted molar refractivity (Wildman–Crippen MR) is 78.9 cm³/mol. The normalized spacial score (nSPS) is 22.6. The first-order chi connectivity index (χ1) is 9.60. The van der Waals surface area contributed by atoms with E-state index in [1.54, 1.807) is 11.9 Å². The van der Waals surface area contributed by atoms with Crippen LogP contribution in [0.5, 0.6) is 0 Å². The lowest BCUT2D eigenvalue weighted by atomic mass is 9.86. The summed E-state index contributed by atoms with van der Waals surface area (Å²) >= 11 is 1.40. The third kappa shape index (κ3) is 3.89. The van der Waals surface area contributed by atoms with Gasteiger partial charge >= 0.3 is 6.03 Å². The number of hydrogen-bond donors (Lipinski definition) is 2. The number of aryl methyl sites for hydroxylation is 1. The molecule has 1 aliphatic carbocycles. The number of urea groups is 1. The summed E-state index contributed by atoms with van der Waals surface area (Å²) in [6.07, 6.45) is 4.57. The number of hydrogen-bond acceptors (Lipinski definition) is 5. The number of amides is 2. The van der Waals surface area contributed by atoms with E-state index >= 15 is 0 Å². The molecule has 1 aliphatic rings. The average Bonchev–Trinajstić information content (AvgIpc) is 2.89. The summed E-state index contributed by atoms with van der Waals surface area (Å²) in [5, 5.41) is 22.0. The van der Waals surface area contributed by atoms with Crippen molar-refractivity contribution in [1.29, 1.82) is 0 Å². The summed E-state index contributed by atoms with van der Waals surface area (Å²) in [5.41, 5.74) is 0. The molecule has 1 heterocycles. The molecule has 0 bridgehead atoms. The Balaban J connectivity index is 1.85. The summed E-state index contributed by atoms with van der Waals surface area (Å²) in [6.45, 7) is 2.58. The molecule has 1 fully saturated rings. The predicted octanol–water partition coefficient (Wildman–Crippen LogP) is 2.12. The van der Waals surface area contributed by atoms with Crippen LogP contribution in [0.1, 0.15) is 37.6 Å². The molecule has 2 N–H and O–H groups in total. The Morgan fingerprint density at radius 3 is 2.85 bits per heavy atom. The van der Waals surface area contributed by atoms with Gasteiger partial charge in [-0.2, -0.15) is 0 Å². The third-order valence-electron chi connectivity index (χ3n) is 3.71. The maximum absolute atomic E-state index is 12.1. The third-order valence-corrected chi connectivity index (χ3v) is 4.69. The van der Waals surface area contributed by atoms with Crippen LogP contribution >= 0.6 is 11.3 Å². The molecule has 20 heavy (non-hydrogen) atoms. The van der Waals surface area contributed by atoms with Crippen molar-refractivity contribution in [2.24, 2.45) is 5.92 Å². The minimum absolute atomic E-state index is 0.181. The zero-order chi connectivity index (χ0) is 14.5. The van der Waals surface area contributed by atoms with Crippen LogP contribution in [0.2, 0.25) is 0 Å². The standard InChI is InChI=1S/C13H22N4O2S/c1-3-11-15-16-12(20-11)14-13(19)17(2)8-9-6-4-5-7-10(9)18/h9-10,18H,3-8H2,1-2H3,(H,14,16,19)/t9-,10-/m1/s1. The topological polar surface area (TPSA) is 78.4 Å². The molecule has 0 aliphatic heterocycles. The first-order valence-electron chi connectivity index (χ1n) is 7.12. The number of nitrogens with one attached hydrogen (secondary N) is 1. The number of carbonyl (C=O) groups excluding carboxylic acids is 1. The number of anilines is 1. The Hall–Kier alpha value is -1.21. The molecule has 1 saturated carbocycles. The molecule has 7 heteroatoms. The Bertz CT molecular complexity index is 451. The fourth-order valence-corrected chi connectivity index (χ4v) is 3.14. The number of aliphatic hydroxyl groups excluding tert-OH is 1. The lowest BCUT2D eigenvalue weighted by Crippen LogP contribution is -2.40. The van der Waals surface area contributed by atoms with Crippen LogP contribution in [-0.2, 0) is 6.42 Å². The number of carbonyl (C=O) groups is 1. The first kappa shape index (κ1) is 15.2. The highest BCUT2D eigenvalue weighted by atomic mass is 32.1. The van der Waals surface area contributed by atoms with E-state index in [0.29, 0.717) is 11.7 Å². The molecule has 2 atom stereocenters. The molecule has 2 rings (SSSR count). The fraction of sp³-hybridized carbons (Fsp3) is 0.769. The molecule has 6 nitrogen and oxygen atoms in total. The monoisotopic (exact) mass is 298 g/mol. The minimum Gasteiger partial charge on any atom is -0.393 e. The van der Waals surface area contributed by atoms with Crippen molar-refractivity contribution in [1.82, 2.24) is 15.1 Å². The molecule has 2 amide bonds. The van der Waals surface area contributed by atoms with Gasteiger partial charge in [0.05, 0.1) is 6.10 Å². The van der Waals surface area contributed by atoms with E-state index in [-0.39, 0.29) is 18.1 Å². The molecule has 1 aromatic rings. The van der Waals surface area contributed by atoms with Gasteiger partial charge in [0.2, 0.25) is 5.13 Å². The van der Waals surface area contributed by atoms with E-state index < -0.39 is 0 Å². The second kappa shape index (κ2) is 6.99. The number of aromatic nitrogens is 2. The van der Waals surface area contributed by atoms with Gasteiger partial charge in [0.1, 0.15) is 5.01 Å². The first-order valence-corrected chi connectivity index (χ1v) is 7.94. The lowest BCUT2D eigenvalue weighted by Gasteiger charge is -2.31. The Kier molecular flexibility index (Phi) is 5.31.